The van der Waals surface area contributed by atoms with E-state index in [-0.39, 0.29) is 0 Å². The number of hydrogen-bond donors (Lipinski definition) is 0. The van der Waals surface area contributed by atoms with Crippen molar-refractivity contribution in [2.24, 2.45) is 38.9 Å². The topological polar surface area (TPSA) is 9.23 Å². The molecule has 182 valence electrons. The summed E-state index contributed by atoms with van der Waals surface area (Å²) < 4.78 is 8.80. The van der Waals surface area contributed by atoms with Crippen molar-refractivity contribution in [3.8, 4) is 0 Å². The molecule has 0 N–H and O–H groups in total. The summed E-state index contributed by atoms with van der Waals surface area (Å²) in [5.41, 5.74) is 2.46. The van der Waals surface area contributed by atoms with Gasteiger partial charge in [-0.05, 0) is 0 Å². The van der Waals surface area contributed by atoms with Crippen LogP contribution in [0.1, 0.15) is 127 Å². The molecule has 0 amide bonds. The standard InChI is InChI=1S/C29H53IO/c1-11-30(24(2,3)4)31-23-15-19-27(8)21(25(23,5)6)14-20-28(9)22(27)13-18-26(7)16-12-17-29(26,28)10/h21-23H,11-20H2,1-10H3/t21?,22?,23-,26-,27-,28+,29+/m0/s1. The fourth-order valence-electron chi connectivity index (χ4n) is 9.97. The molecule has 0 radical (unpaired) electrons. The molecule has 0 spiro atoms. The van der Waals surface area contributed by atoms with E-state index in [1.807, 2.05) is 0 Å². The van der Waals surface area contributed by atoms with Crippen LogP contribution in [0, 0.1) is 38.9 Å². The van der Waals surface area contributed by atoms with E-state index in [1.54, 1.807) is 0 Å². The minimum atomic E-state index is -1.41. The molecule has 0 heterocycles. The third-order valence-electron chi connectivity index (χ3n) is 12.1. The molecule has 0 aliphatic heterocycles. The SMILES string of the molecule is CCI(O[C@H]1CC[C@@]2(C)C(CC[C@]3(C)C2CC[C@]2(C)CCC[C@]23C)C1(C)C)C(C)(C)C. The Morgan fingerprint density at radius 3 is 2.06 bits per heavy atom. The molecule has 4 fully saturated rings. The van der Waals surface area contributed by atoms with E-state index in [0.717, 1.165) is 11.8 Å². The predicted octanol–water partition coefficient (Wildman–Crippen LogP) is 9.46. The van der Waals surface area contributed by atoms with Gasteiger partial charge in [0, 0.05) is 0 Å². The van der Waals surface area contributed by atoms with Crippen molar-refractivity contribution in [1.29, 1.82) is 0 Å². The molecule has 0 aromatic rings. The van der Waals surface area contributed by atoms with Crippen LogP contribution < -0.4 is 0 Å². The third-order valence-corrected chi connectivity index (χ3v) is 18.3. The summed E-state index contributed by atoms with van der Waals surface area (Å²) in [7, 11) is 0. The van der Waals surface area contributed by atoms with Crippen molar-refractivity contribution in [1.82, 2.24) is 0 Å². The molecule has 0 aromatic heterocycles. The molecule has 4 saturated carbocycles. The molecule has 0 saturated heterocycles. The molecule has 0 aromatic carbocycles. The fourth-order valence-corrected chi connectivity index (χ4v) is 15.0. The fraction of sp³-hybridized carbons (Fsp3) is 1.00. The van der Waals surface area contributed by atoms with Gasteiger partial charge in [0.2, 0.25) is 0 Å². The van der Waals surface area contributed by atoms with Gasteiger partial charge in [0.05, 0.1) is 0 Å². The van der Waals surface area contributed by atoms with Crippen LogP contribution in [0.25, 0.3) is 0 Å². The van der Waals surface area contributed by atoms with Crippen LogP contribution in [-0.4, -0.2) is 14.0 Å². The van der Waals surface area contributed by atoms with Crippen molar-refractivity contribution in [2.45, 2.75) is 137 Å². The van der Waals surface area contributed by atoms with E-state index in [4.69, 9.17) is 3.07 Å². The zero-order valence-electron chi connectivity index (χ0n) is 22.6. The van der Waals surface area contributed by atoms with E-state index in [1.165, 1.54) is 62.2 Å². The van der Waals surface area contributed by atoms with Crippen molar-refractivity contribution in [3.05, 3.63) is 0 Å². The summed E-state index contributed by atoms with van der Waals surface area (Å²) >= 11 is -1.41. The van der Waals surface area contributed by atoms with Crippen LogP contribution in [0.4, 0.5) is 0 Å². The number of fused-ring (bicyclic) bond motifs is 5. The van der Waals surface area contributed by atoms with Crippen LogP contribution in [0.5, 0.6) is 0 Å². The van der Waals surface area contributed by atoms with Crippen molar-refractivity contribution < 1.29 is 3.07 Å². The Hall–Kier alpha value is 0.690. The van der Waals surface area contributed by atoms with Crippen LogP contribution in [0.3, 0.4) is 0 Å². The van der Waals surface area contributed by atoms with E-state index in [9.17, 15) is 0 Å². The molecule has 1 nitrogen and oxygen atoms in total. The van der Waals surface area contributed by atoms with E-state index >= 15 is 0 Å². The van der Waals surface area contributed by atoms with Gasteiger partial charge in [-0.2, -0.15) is 0 Å². The number of hydrogen-bond acceptors (Lipinski definition) is 1. The van der Waals surface area contributed by atoms with Gasteiger partial charge in [0.15, 0.2) is 0 Å². The second-order valence-electron chi connectivity index (χ2n) is 14.4. The summed E-state index contributed by atoms with van der Waals surface area (Å²) in [4.78, 5) is 0. The molecule has 4 aliphatic carbocycles. The summed E-state index contributed by atoms with van der Waals surface area (Å²) in [5.74, 6) is 1.72. The summed E-state index contributed by atoms with van der Waals surface area (Å²) in [6, 6.07) is 0. The van der Waals surface area contributed by atoms with E-state index in [2.05, 4.69) is 69.2 Å². The first-order valence-corrected chi connectivity index (χ1v) is 17.0. The third kappa shape index (κ3) is 3.36. The van der Waals surface area contributed by atoms with Gasteiger partial charge in [-0.15, -0.1) is 0 Å². The average molecular weight is 545 g/mol. The van der Waals surface area contributed by atoms with E-state index < -0.39 is 20.2 Å². The average Bonchev–Trinajstić information content (AvgIpc) is 2.96. The van der Waals surface area contributed by atoms with Crippen LogP contribution in [0.15, 0.2) is 0 Å². The van der Waals surface area contributed by atoms with Gasteiger partial charge in [0.1, 0.15) is 0 Å². The first kappa shape index (κ1) is 24.8. The molecule has 2 unspecified atom stereocenters. The Kier molecular flexibility index (Phi) is 6.08. The van der Waals surface area contributed by atoms with Gasteiger partial charge in [-0.1, -0.05) is 0 Å². The van der Waals surface area contributed by atoms with E-state index in [0.29, 0.717) is 36.6 Å². The zero-order chi connectivity index (χ0) is 23.1. The van der Waals surface area contributed by atoms with Crippen molar-refractivity contribution in [3.63, 3.8) is 0 Å². The molecule has 4 aliphatic rings. The van der Waals surface area contributed by atoms with Gasteiger partial charge in [-0.25, -0.2) is 0 Å². The molecular formula is C29H53IO. The monoisotopic (exact) mass is 544 g/mol. The quantitative estimate of drug-likeness (QED) is 0.254. The van der Waals surface area contributed by atoms with Gasteiger partial charge in [0.25, 0.3) is 0 Å². The summed E-state index contributed by atoms with van der Waals surface area (Å²) in [6.45, 7) is 25.7. The van der Waals surface area contributed by atoms with Crippen LogP contribution >= 0.6 is 20.2 Å². The first-order valence-electron chi connectivity index (χ1n) is 13.5. The number of halogens is 1. The Morgan fingerprint density at radius 2 is 1.45 bits per heavy atom. The second-order valence-corrected chi connectivity index (χ2v) is 21.5. The number of alkyl halides is 2. The Morgan fingerprint density at radius 1 is 0.806 bits per heavy atom. The summed E-state index contributed by atoms with van der Waals surface area (Å²) in [6.07, 6.45) is 13.4. The zero-order valence-corrected chi connectivity index (χ0v) is 24.7. The maximum atomic E-state index is 7.14. The van der Waals surface area contributed by atoms with Crippen LogP contribution in [-0.2, 0) is 3.07 Å². The number of rotatable bonds is 3. The van der Waals surface area contributed by atoms with Gasteiger partial charge >= 0.3 is 203 Å². The van der Waals surface area contributed by atoms with Gasteiger partial charge in [-0.3, -0.25) is 0 Å². The Balaban J connectivity index is 1.64. The molecular weight excluding hydrogens is 491 g/mol. The molecule has 31 heavy (non-hydrogen) atoms. The normalized spacial score (nSPS) is 49.7. The Labute approximate surface area is 202 Å². The molecule has 2 heteroatoms. The second kappa shape index (κ2) is 7.59. The Bertz CT molecular complexity index is 693. The minimum absolute atomic E-state index is 0.307. The first-order chi connectivity index (χ1) is 14.2. The van der Waals surface area contributed by atoms with Crippen molar-refractivity contribution >= 4 is 20.2 Å². The maximum absolute atomic E-state index is 7.14. The molecule has 0 bridgehead atoms. The molecule has 7 atom stereocenters. The predicted molar refractivity (Wildman–Crippen MR) is 144 cm³/mol. The molecule has 4 rings (SSSR count). The van der Waals surface area contributed by atoms with Gasteiger partial charge < -0.3 is 0 Å². The van der Waals surface area contributed by atoms with Crippen molar-refractivity contribution in [2.75, 3.05) is 4.43 Å². The summed E-state index contributed by atoms with van der Waals surface area (Å²) in [5, 5.41) is 0. The van der Waals surface area contributed by atoms with Crippen LogP contribution in [0.2, 0.25) is 0 Å².